The number of nitrogens with two attached hydrogens (primary N) is 1. The second-order valence-corrected chi connectivity index (χ2v) is 5.41. The largest absolute Gasteiger partial charge is 0.341 e. The first-order valence-corrected chi connectivity index (χ1v) is 5.92. The highest BCUT2D eigenvalue weighted by molar-refractivity contribution is 5.93. The Balaban J connectivity index is 0.00000324. The number of aromatic amines is 1. The normalized spacial score (nSPS) is 10.8. The minimum absolute atomic E-state index is 0. The number of nitrogens with zero attached hydrogens (tertiary/aromatic N) is 1. The van der Waals surface area contributed by atoms with Crippen LogP contribution in [0.1, 0.15) is 29.9 Å². The van der Waals surface area contributed by atoms with Crippen LogP contribution in [0.15, 0.2) is 16.9 Å². The van der Waals surface area contributed by atoms with E-state index in [1.807, 2.05) is 13.8 Å². The molecule has 0 bridgehead atoms. The summed E-state index contributed by atoms with van der Waals surface area (Å²) in [5.74, 6) is -0.280. The van der Waals surface area contributed by atoms with E-state index in [0.717, 1.165) is 5.69 Å². The van der Waals surface area contributed by atoms with Crippen LogP contribution in [0.4, 0.5) is 0 Å². The summed E-state index contributed by atoms with van der Waals surface area (Å²) in [6, 6.07) is 3.28. The lowest BCUT2D eigenvalue weighted by atomic mass is 9.93. The van der Waals surface area contributed by atoms with Gasteiger partial charge in [0.1, 0.15) is 5.56 Å². The van der Waals surface area contributed by atoms with E-state index in [1.165, 1.54) is 4.90 Å². The molecular weight excluding hydrogens is 266 g/mol. The van der Waals surface area contributed by atoms with Gasteiger partial charge in [0.25, 0.3) is 11.5 Å². The maximum Gasteiger partial charge on any atom is 0.260 e. The SMILES string of the molecule is Cc1ccc(C(=O)N(C)CC(C)(C)CN)c(=O)[nH]1.Cl. The van der Waals surface area contributed by atoms with Gasteiger partial charge in [-0.25, -0.2) is 0 Å². The van der Waals surface area contributed by atoms with Crippen molar-refractivity contribution >= 4 is 18.3 Å². The fourth-order valence-electron chi connectivity index (χ4n) is 1.72. The molecule has 5 nitrogen and oxygen atoms in total. The number of aryl methyl sites for hydroxylation is 1. The quantitative estimate of drug-likeness (QED) is 0.872. The lowest BCUT2D eigenvalue weighted by molar-refractivity contribution is 0.0739. The summed E-state index contributed by atoms with van der Waals surface area (Å²) in [5.41, 5.74) is 6.02. The third-order valence-corrected chi connectivity index (χ3v) is 2.85. The van der Waals surface area contributed by atoms with E-state index >= 15 is 0 Å². The number of aromatic nitrogens is 1. The van der Waals surface area contributed by atoms with Crippen molar-refractivity contribution in [2.24, 2.45) is 11.1 Å². The van der Waals surface area contributed by atoms with Crippen molar-refractivity contribution in [3.63, 3.8) is 0 Å². The van der Waals surface area contributed by atoms with Crippen LogP contribution in [0.2, 0.25) is 0 Å². The molecule has 0 aliphatic heterocycles. The predicted molar refractivity (Wildman–Crippen MR) is 78.8 cm³/mol. The van der Waals surface area contributed by atoms with Crippen molar-refractivity contribution in [2.75, 3.05) is 20.1 Å². The highest BCUT2D eigenvalue weighted by Crippen LogP contribution is 2.14. The first-order chi connectivity index (χ1) is 8.26. The maximum atomic E-state index is 12.1. The van der Waals surface area contributed by atoms with Gasteiger partial charge < -0.3 is 15.6 Å². The standard InChI is InChI=1S/C13H21N3O2.ClH/c1-9-5-6-10(11(17)15-9)12(18)16(4)8-13(2,3)7-14;/h5-6H,7-8,14H2,1-4H3,(H,15,17);1H. The van der Waals surface area contributed by atoms with Gasteiger partial charge in [0.05, 0.1) is 0 Å². The molecule has 0 aliphatic rings. The number of H-pyrrole nitrogens is 1. The number of pyridine rings is 1. The van der Waals surface area contributed by atoms with Gasteiger partial charge in [0.2, 0.25) is 0 Å². The summed E-state index contributed by atoms with van der Waals surface area (Å²) in [6.07, 6.45) is 0. The van der Waals surface area contributed by atoms with Crippen molar-refractivity contribution < 1.29 is 4.79 Å². The minimum atomic E-state index is -0.350. The second-order valence-electron chi connectivity index (χ2n) is 5.41. The number of amides is 1. The van der Waals surface area contributed by atoms with E-state index < -0.39 is 0 Å². The van der Waals surface area contributed by atoms with Crippen LogP contribution in [-0.4, -0.2) is 35.9 Å². The number of hydrogen-bond acceptors (Lipinski definition) is 3. The summed E-state index contributed by atoms with van der Waals surface area (Å²) in [5, 5.41) is 0. The molecule has 0 saturated heterocycles. The lowest BCUT2D eigenvalue weighted by Crippen LogP contribution is -2.41. The molecule has 0 saturated carbocycles. The summed E-state index contributed by atoms with van der Waals surface area (Å²) in [7, 11) is 1.68. The first kappa shape index (κ1) is 17.7. The molecule has 108 valence electrons. The number of halogens is 1. The van der Waals surface area contributed by atoms with Crippen LogP contribution in [0, 0.1) is 12.3 Å². The van der Waals surface area contributed by atoms with Crippen LogP contribution in [-0.2, 0) is 0 Å². The minimum Gasteiger partial charge on any atom is -0.341 e. The van der Waals surface area contributed by atoms with E-state index in [9.17, 15) is 9.59 Å². The summed E-state index contributed by atoms with van der Waals surface area (Å²) < 4.78 is 0. The fraction of sp³-hybridized carbons (Fsp3) is 0.538. The Kier molecular flexibility index (Phi) is 6.25. The number of hydrogen-bond donors (Lipinski definition) is 2. The number of nitrogens with one attached hydrogen (secondary N) is 1. The molecule has 0 atom stereocenters. The highest BCUT2D eigenvalue weighted by Gasteiger charge is 2.23. The molecule has 0 aromatic carbocycles. The van der Waals surface area contributed by atoms with E-state index in [-0.39, 0.29) is 34.9 Å². The van der Waals surface area contributed by atoms with Crippen LogP contribution in [0.25, 0.3) is 0 Å². The number of carbonyl (C=O) groups is 1. The zero-order chi connectivity index (χ0) is 13.9. The van der Waals surface area contributed by atoms with E-state index in [2.05, 4.69) is 4.98 Å². The zero-order valence-electron chi connectivity index (χ0n) is 11.8. The van der Waals surface area contributed by atoms with Crippen LogP contribution in [0.5, 0.6) is 0 Å². The van der Waals surface area contributed by atoms with Gasteiger partial charge in [-0.1, -0.05) is 13.8 Å². The van der Waals surface area contributed by atoms with Crippen LogP contribution < -0.4 is 11.3 Å². The van der Waals surface area contributed by atoms with Gasteiger partial charge in [-0.3, -0.25) is 9.59 Å². The molecular formula is C13H22ClN3O2. The zero-order valence-corrected chi connectivity index (χ0v) is 12.6. The van der Waals surface area contributed by atoms with E-state index in [4.69, 9.17) is 5.73 Å². The highest BCUT2D eigenvalue weighted by atomic mass is 35.5. The number of carbonyl (C=O) groups excluding carboxylic acids is 1. The Bertz CT molecular complexity index is 497. The molecule has 19 heavy (non-hydrogen) atoms. The van der Waals surface area contributed by atoms with Gasteiger partial charge >= 0.3 is 0 Å². The molecule has 0 radical (unpaired) electrons. The van der Waals surface area contributed by atoms with Gasteiger partial charge in [0.15, 0.2) is 0 Å². The molecule has 1 heterocycles. The van der Waals surface area contributed by atoms with E-state index in [0.29, 0.717) is 13.1 Å². The predicted octanol–water partition coefficient (Wildman–Crippen LogP) is 1.16. The first-order valence-electron chi connectivity index (χ1n) is 5.92. The molecule has 0 fully saturated rings. The molecule has 0 aliphatic carbocycles. The van der Waals surface area contributed by atoms with Gasteiger partial charge in [-0.15, -0.1) is 12.4 Å². The Morgan fingerprint density at radius 1 is 1.42 bits per heavy atom. The number of rotatable bonds is 4. The Morgan fingerprint density at radius 2 is 2.00 bits per heavy atom. The van der Waals surface area contributed by atoms with Gasteiger partial charge in [-0.05, 0) is 31.0 Å². The molecule has 1 aromatic rings. The average Bonchev–Trinajstić information content (AvgIpc) is 2.27. The van der Waals surface area contributed by atoms with Gasteiger partial charge in [0, 0.05) is 19.3 Å². The molecule has 1 aromatic heterocycles. The maximum absolute atomic E-state index is 12.1. The molecule has 3 N–H and O–H groups in total. The van der Waals surface area contributed by atoms with Crippen molar-refractivity contribution in [3.8, 4) is 0 Å². The monoisotopic (exact) mass is 287 g/mol. The van der Waals surface area contributed by atoms with Crippen LogP contribution >= 0.6 is 12.4 Å². The van der Waals surface area contributed by atoms with Crippen LogP contribution in [0.3, 0.4) is 0 Å². The van der Waals surface area contributed by atoms with Crippen molar-refractivity contribution in [3.05, 3.63) is 33.7 Å². The average molecular weight is 288 g/mol. The van der Waals surface area contributed by atoms with Gasteiger partial charge in [-0.2, -0.15) is 0 Å². The topological polar surface area (TPSA) is 79.2 Å². The summed E-state index contributed by atoms with van der Waals surface area (Å²) >= 11 is 0. The van der Waals surface area contributed by atoms with Crippen molar-refractivity contribution in [1.82, 2.24) is 9.88 Å². The second kappa shape index (κ2) is 6.73. The Morgan fingerprint density at radius 3 is 2.47 bits per heavy atom. The smallest absolute Gasteiger partial charge is 0.260 e. The summed E-state index contributed by atoms with van der Waals surface area (Å²) in [6.45, 7) is 6.73. The third-order valence-electron chi connectivity index (χ3n) is 2.85. The Hall–Kier alpha value is -1.33. The summed E-state index contributed by atoms with van der Waals surface area (Å²) in [4.78, 5) is 28.0. The van der Waals surface area contributed by atoms with Crippen molar-refractivity contribution in [1.29, 1.82) is 0 Å². The molecule has 1 amide bonds. The fourth-order valence-corrected chi connectivity index (χ4v) is 1.72. The third kappa shape index (κ3) is 4.69. The van der Waals surface area contributed by atoms with E-state index in [1.54, 1.807) is 26.1 Å². The molecule has 1 rings (SSSR count). The Labute approximate surface area is 119 Å². The van der Waals surface area contributed by atoms with Crippen molar-refractivity contribution in [2.45, 2.75) is 20.8 Å². The lowest BCUT2D eigenvalue weighted by Gasteiger charge is -2.28. The molecule has 0 unspecified atom stereocenters. The molecule has 6 heteroatoms. The molecule has 0 spiro atoms.